The molecule has 0 radical (unpaired) electrons. The summed E-state index contributed by atoms with van der Waals surface area (Å²) >= 11 is 0. The van der Waals surface area contributed by atoms with E-state index in [-0.39, 0.29) is 17.1 Å². The molecule has 3 aromatic rings. The summed E-state index contributed by atoms with van der Waals surface area (Å²) in [6, 6.07) is 25.4. The van der Waals surface area contributed by atoms with E-state index in [0.29, 0.717) is 31.4 Å². The first kappa shape index (κ1) is 22.5. The fourth-order valence-electron chi connectivity index (χ4n) is 4.07. The Labute approximate surface area is 194 Å². The molecular formula is C28H28N2O3. The molecule has 0 saturated heterocycles. The minimum absolute atomic E-state index is 0.109. The summed E-state index contributed by atoms with van der Waals surface area (Å²) in [4.78, 5) is 24.3. The molecule has 5 nitrogen and oxygen atoms in total. The van der Waals surface area contributed by atoms with Crippen molar-refractivity contribution in [3.05, 3.63) is 90.0 Å². The van der Waals surface area contributed by atoms with Gasteiger partial charge in [0.25, 0.3) is 5.91 Å². The number of Topliss-reactive ketones (excluding diaryl/α,β-unsaturated/α-hetero) is 1. The molecule has 1 aliphatic carbocycles. The number of benzene rings is 3. The van der Waals surface area contributed by atoms with E-state index in [2.05, 4.69) is 22.7 Å². The largest absolute Gasteiger partial charge is 0.489 e. The summed E-state index contributed by atoms with van der Waals surface area (Å²) < 4.78 is 5.89. The van der Waals surface area contributed by atoms with Crippen molar-refractivity contribution in [1.29, 1.82) is 0 Å². The van der Waals surface area contributed by atoms with Gasteiger partial charge < -0.3 is 4.74 Å². The summed E-state index contributed by atoms with van der Waals surface area (Å²) in [5.41, 5.74) is 6.99. The number of hydrogen-bond donors (Lipinski definition) is 1. The lowest BCUT2D eigenvalue weighted by Gasteiger charge is -2.28. The zero-order valence-electron chi connectivity index (χ0n) is 19.0. The second kappa shape index (κ2) is 9.82. The fraction of sp³-hybridized carbons (Fsp3) is 0.250. The van der Waals surface area contributed by atoms with Crippen molar-refractivity contribution >= 4 is 17.4 Å². The van der Waals surface area contributed by atoms with Crippen molar-refractivity contribution in [2.75, 3.05) is 0 Å². The second-order valence-electron chi connectivity index (χ2n) is 9.23. The second-order valence-corrected chi connectivity index (χ2v) is 9.23. The average Bonchev–Trinajstić information content (AvgIpc) is 2.81. The molecule has 1 fully saturated rings. The van der Waals surface area contributed by atoms with Crippen LogP contribution in [0.4, 0.5) is 0 Å². The number of carbonyl (C=O) groups is 2. The number of rotatable bonds is 6. The van der Waals surface area contributed by atoms with E-state index in [1.807, 2.05) is 68.4 Å². The highest BCUT2D eigenvalue weighted by molar-refractivity contribution is 6.05. The molecule has 0 heterocycles. The molecule has 4 rings (SSSR count). The Morgan fingerprint density at radius 1 is 0.909 bits per heavy atom. The van der Waals surface area contributed by atoms with Crippen LogP contribution < -0.4 is 10.2 Å². The van der Waals surface area contributed by atoms with E-state index >= 15 is 0 Å². The molecule has 5 heteroatoms. The molecule has 1 amide bonds. The van der Waals surface area contributed by atoms with Crippen molar-refractivity contribution in [2.45, 2.75) is 39.7 Å². The summed E-state index contributed by atoms with van der Waals surface area (Å²) in [6.07, 6.45) is 1.58. The van der Waals surface area contributed by atoms with Crippen molar-refractivity contribution < 1.29 is 14.3 Å². The summed E-state index contributed by atoms with van der Waals surface area (Å²) in [5, 5.41) is 4.20. The first-order valence-corrected chi connectivity index (χ1v) is 11.1. The maximum absolute atomic E-state index is 12.4. The molecule has 0 unspecified atom stereocenters. The van der Waals surface area contributed by atoms with Crippen LogP contribution in [0.2, 0.25) is 0 Å². The lowest BCUT2D eigenvalue weighted by molar-refractivity contribution is -0.120. The quantitative estimate of drug-likeness (QED) is 0.493. The number of amides is 1. The van der Waals surface area contributed by atoms with Gasteiger partial charge in [0.05, 0.1) is 0 Å². The zero-order chi connectivity index (χ0) is 23.3. The number of hydrazone groups is 1. The van der Waals surface area contributed by atoms with Crippen LogP contribution in [0, 0.1) is 5.41 Å². The standard InChI is InChI=1S/C28H28N2O3/c1-28(2)17-24(16-25(31)18-28)29-30-27(32)23-10-8-20(9-11-23)19-33-26-14-12-22(13-15-26)21-6-4-3-5-7-21/h3-15H,16-19H2,1-2H3,(H,30,32). The fourth-order valence-corrected chi connectivity index (χ4v) is 4.07. The third-order valence-electron chi connectivity index (χ3n) is 5.66. The molecule has 0 atom stereocenters. The Morgan fingerprint density at radius 2 is 1.58 bits per heavy atom. The molecule has 0 bridgehead atoms. The molecular weight excluding hydrogens is 412 g/mol. The van der Waals surface area contributed by atoms with Crippen molar-refractivity contribution in [3.8, 4) is 16.9 Å². The monoisotopic (exact) mass is 440 g/mol. The molecule has 3 aromatic carbocycles. The number of ether oxygens (including phenoxy) is 1. The van der Waals surface area contributed by atoms with E-state index in [1.54, 1.807) is 12.1 Å². The first-order valence-electron chi connectivity index (χ1n) is 11.1. The smallest absolute Gasteiger partial charge is 0.271 e. The summed E-state index contributed by atoms with van der Waals surface area (Å²) in [7, 11) is 0. The van der Waals surface area contributed by atoms with Crippen LogP contribution in [0.1, 0.15) is 49.0 Å². The van der Waals surface area contributed by atoms with E-state index in [9.17, 15) is 9.59 Å². The Morgan fingerprint density at radius 3 is 2.24 bits per heavy atom. The van der Waals surface area contributed by atoms with Gasteiger partial charge in [-0.15, -0.1) is 0 Å². The zero-order valence-corrected chi connectivity index (χ0v) is 19.0. The topological polar surface area (TPSA) is 67.8 Å². The molecule has 1 saturated carbocycles. The average molecular weight is 441 g/mol. The van der Waals surface area contributed by atoms with Crippen molar-refractivity contribution in [1.82, 2.24) is 5.43 Å². The van der Waals surface area contributed by atoms with Crippen LogP contribution in [-0.4, -0.2) is 17.4 Å². The van der Waals surface area contributed by atoms with E-state index in [0.717, 1.165) is 22.6 Å². The molecule has 1 N–H and O–H groups in total. The predicted molar refractivity (Wildman–Crippen MR) is 130 cm³/mol. The third-order valence-corrected chi connectivity index (χ3v) is 5.66. The highest BCUT2D eigenvalue weighted by atomic mass is 16.5. The number of carbonyl (C=O) groups excluding carboxylic acids is 2. The molecule has 0 aromatic heterocycles. The lowest BCUT2D eigenvalue weighted by Crippen LogP contribution is -2.31. The van der Waals surface area contributed by atoms with E-state index in [4.69, 9.17) is 4.74 Å². The van der Waals surface area contributed by atoms with E-state index < -0.39 is 0 Å². The third kappa shape index (κ3) is 6.16. The van der Waals surface area contributed by atoms with Crippen LogP contribution in [-0.2, 0) is 11.4 Å². The van der Waals surface area contributed by atoms with Gasteiger partial charge in [-0.25, -0.2) is 5.43 Å². The van der Waals surface area contributed by atoms with Gasteiger partial charge in [-0.3, -0.25) is 9.59 Å². The number of hydrogen-bond acceptors (Lipinski definition) is 4. The van der Waals surface area contributed by atoms with Gasteiger partial charge in [-0.1, -0.05) is 68.4 Å². The van der Waals surface area contributed by atoms with Crippen LogP contribution in [0.15, 0.2) is 84.0 Å². The minimum atomic E-state index is -0.290. The van der Waals surface area contributed by atoms with Gasteiger partial charge in [-0.2, -0.15) is 5.10 Å². The number of nitrogens with one attached hydrogen (secondary N) is 1. The maximum atomic E-state index is 12.4. The highest BCUT2D eigenvalue weighted by Crippen LogP contribution is 2.31. The molecule has 33 heavy (non-hydrogen) atoms. The van der Waals surface area contributed by atoms with Gasteiger partial charge in [-0.05, 0) is 52.8 Å². The molecule has 0 spiro atoms. The maximum Gasteiger partial charge on any atom is 0.271 e. The van der Waals surface area contributed by atoms with Gasteiger partial charge in [0.15, 0.2) is 0 Å². The Bertz CT molecular complexity index is 1150. The minimum Gasteiger partial charge on any atom is -0.489 e. The molecule has 168 valence electrons. The van der Waals surface area contributed by atoms with E-state index in [1.165, 1.54) is 5.56 Å². The van der Waals surface area contributed by atoms with Gasteiger partial charge in [0, 0.05) is 24.1 Å². The van der Waals surface area contributed by atoms with Crippen molar-refractivity contribution in [3.63, 3.8) is 0 Å². The summed E-state index contributed by atoms with van der Waals surface area (Å²) in [5.74, 6) is 0.665. The number of ketones is 1. The van der Waals surface area contributed by atoms with Crippen molar-refractivity contribution in [2.24, 2.45) is 10.5 Å². The van der Waals surface area contributed by atoms with Crippen LogP contribution in [0.3, 0.4) is 0 Å². The van der Waals surface area contributed by atoms with Crippen LogP contribution >= 0.6 is 0 Å². The number of nitrogens with zero attached hydrogens (tertiary/aromatic N) is 1. The highest BCUT2D eigenvalue weighted by Gasteiger charge is 2.30. The van der Waals surface area contributed by atoms with Gasteiger partial charge in [0.2, 0.25) is 0 Å². The van der Waals surface area contributed by atoms with Gasteiger partial charge in [0.1, 0.15) is 18.1 Å². The molecule has 0 aliphatic heterocycles. The predicted octanol–water partition coefficient (Wildman–Crippen LogP) is 5.80. The van der Waals surface area contributed by atoms with Crippen LogP contribution in [0.5, 0.6) is 5.75 Å². The normalized spacial score (nSPS) is 16.4. The van der Waals surface area contributed by atoms with Crippen LogP contribution in [0.25, 0.3) is 11.1 Å². The summed E-state index contributed by atoms with van der Waals surface area (Å²) in [6.45, 7) is 4.49. The first-order chi connectivity index (χ1) is 15.9. The molecule has 1 aliphatic rings. The Kier molecular flexibility index (Phi) is 6.68. The SMILES string of the molecule is CC1(C)CC(=O)CC(=NNC(=O)c2ccc(COc3ccc(-c4ccccc4)cc3)cc2)C1. The van der Waals surface area contributed by atoms with Gasteiger partial charge >= 0.3 is 0 Å². The Balaban J connectivity index is 1.30. The lowest BCUT2D eigenvalue weighted by atomic mass is 9.76. The Hall–Kier alpha value is -3.73.